The first kappa shape index (κ1) is 16.4. The number of rotatable bonds is 2. The van der Waals surface area contributed by atoms with E-state index in [2.05, 4.69) is 10.4 Å². The van der Waals surface area contributed by atoms with E-state index in [-0.39, 0.29) is 16.5 Å². The molecular formula is C12H8Cl2F3N3O2. The monoisotopic (exact) mass is 353 g/mol. The van der Waals surface area contributed by atoms with Gasteiger partial charge in [-0.1, -0.05) is 23.2 Å². The van der Waals surface area contributed by atoms with E-state index in [0.29, 0.717) is 4.68 Å². The number of carbonyl (C=O) groups excluding carboxylic acids is 1. The summed E-state index contributed by atoms with van der Waals surface area (Å²) in [7, 11) is 1.15. The number of nitrogens with one attached hydrogen (secondary N) is 1. The van der Waals surface area contributed by atoms with Crippen LogP contribution in [0.3, 0.4) is 0 Å². The van der Waals surface area contributed by atoms with Crippen LogP contribution in [0.25, 0.3) is 0 Å². The Hall–Kier alpha value is -1.93. The minimum absolute atomic E-state index is 0.0664. The quantitative estimate of drug-likeness (QED) is 0.808. The maximum Gasteiger partial charge on any atom is 0.436 e. The van der Waals surface area contributed by atoms with Gasteiger partial charge in [0.1, 0.15) is 16.5 Å². The van der Waals surface area contributed by atoms with Gasteiger partial charge in [-0.05, 0) is 18.2 Å². The number of halogens is 5. The van der Waals surface area contributed by atoms with E-state index in [1.54, 1.807) is 0 Å². The number of alkyl halides is 3. The van der Waals surface area contributed by atoms with Crippen LogP contribution in [-0.2, 0) is 13.2 Å². The van der Waals surface area contributed by atoms with E-state index in [0.717, 1.165) is 7.05 Å². The summed E-state index contributed by atoms with van der Waals surface area (Å²) in [5.41, 5.74) is -1.92. The molecule has 0 saturated carbocycles. The van der Waals surface area contributed by atoms with Gasteiger partial charge in [0.05, 0.1) is 5.69 Å². The van der Waals surface area contributed by atoms with E-state index >= 15 is 0 Å². The Balaban J connectivity index is 2.39. The van der Waals surface area contributed by atoms with Gasteiger partial charge in [-0.15, -0.1) is 0 Å². The highest BCUT2D eigenvalue weighted by atomic mass is 35.5. The van der Waals surface area contributed by atoms with Gasteiger partial charge in [-0.3, -0.25) is 9.48 Å². The molecule has 2 aromatic rings. The number of aromatic nitrogens is 2. The third-order valence-corrected chi connectivity index (χ3v) is 3.27. The topological polar surface area (TPSA) is 67.2 Å². The van der Waals surface area contributed by atoms with Crippen LogP contribution >= 0.6 is 23.2 Å². The average molecular weight is 354 g/mol. The summed E-state index contributed by atoms with van der Waals surface area (Å²) >= 11 is 11.3. The number of hydrogen-bond acceptors (Lipinski definition) is 3. The molecular weight excluding hydrogens is 346 g/mol. The molecule has 0 radical (unpaired) electrons. The second kappa shape index (κ2) is 5.69. The first-order valence-electron chi connectivity index (χ1n) is 5.71. The summed E-state index contributed by atoms with van der Waals surface area (Å²) in [4.78, 5) is 12.1. The minimum atomic E-state index is -4.79. The van der Waals surface area contributed by atoms with Gasteiger partial charge in [-0.25, -0.2) is 0 Å². The first-order valence-corrected chi connectivity index (χ1v) is 6.46. The summed E-state index contributed by atoms with van der Waals surface area (Å²) in [5, 5.41) is 14.4. The van der Waals surface area contributed by atoms with Crippen LogP contribution in [0.5, 0.6) is 5.75 Å². The Kier molecular flexibility index (Phi) is 4.25. The predicted molar refractivity (Wildman–Crippen MR) is 74.3 cm³/mol. The number of amides is 1. The van der Waals surface area contributed by atoms with Crippen molar-refractivity contribution in [3.8, 4) is 5.75 Å². The maximum absolute atomic E-state index is 12.7. The number of anilines is 1. The van der Waals surface area contributed by atoms with Crippen molar-refractivity contribution in [1.82, 2.24) is 9.78 Å². The molecule has 0 spiro atoms. The Morgan fingerprint density at radius 3 is 2.55 bits per heavy atom. The zero-order valence-corrected chi connectivity index (χ0v) is 12.4. The molecule has 10 heteroatoms. The van der Waals surface area contributed by atoms with Gasteiger partial charge >= 0.3 is 6.18 Å². The van der Waals surface area contributed by atoms with Crippen molar-refractivity contribution in [3.63, 3.8) is 0 Å². The lowest BCUT2D eigenvalue weighted by molar-refractivity contribution is -0.141. The van der Waals surface area contributed by atoms with Crippen LogP contribution in [0.1, 0.15) is 16.2 Å². The van der Waals surface area contributed by atoms with Crippen molar-refractivity contribution < 1.29 is 23.1 Å². The number of aryl methyl sites for hydroxylation is 1. The molecule has 0 atom stereocenters. The highest BCUT2D eigenvalue weighted by Gasteiger charge is 2.39. The lowest BCUT2D eigenvalue weighted by atomic mass is 10.2. The smallest absolute Gasteiger partial charge is 0.436 e. The molecule has 1 aromatic heterocycles. The molecule has 0 unspecified atom stereocenters. The first-order chi connectivity index (χ1) is 10.1. The van der Waals surface area contributed by atoms with Gasteiger partial charge in [0.25, 0.3) is 5.91 Å². The fourth-order valence-electron chi connectivity index (χ4n) is 1.72. The van der Waals surface area contributed by atoms with Crippen LogP contribution in [0.4, 0.5) is 18.9 Å². The van der Waals surface area contributed by atoms with Crippen LogP contribution in [0.15, 0.2) is 18.2 Å². The number of hydrogen-bond donors (Lipinski definition) is 2. The van der Waals surface area contributed by atoms with Crippen molar-refractivity contribution in [2.75, 3.05) is 5.32 Å². The Morgan fingerprint density at radius 1 is 1.36 bits per heavy atom. The van der Waals surface area contributed by atoms with Crippen molar-refractivity contribution in [1.29, 1.82) is 0 Å². The average Bonchev–Trinajstić information content (AvgIpc) is 2.69. The minimum Gasteiger partial charge on any atom is -0.506 e. The molecule has 1 amide bonds. The van der Waals surface area contributed by atoms with E-state index in [9.17, 15) is 23.1 Å². The van der Waals surface area contributed by atoms with E-state index < -0.39 is 28.5 Å². The molecule has 0 saturated heterocycles. The largest absolute Gasteiger partial charge is 0.506 e. The third-order valence-electron chi connectivity index (χ3n) is 2.68. The predicted octanol–water partition coefficient (Wildman–Crippen LogP) is 3.70. The number of phenols is 1. The van der Waals surface area contributed by atoms with Gasteiger partial charge in [0.15, 0.2) is 5.69 Å². The Morgan fingerprint density at radius 2 is 2.00 bits per heavy atom. The zero-order valence-electron chi connectivity index (χ0n) is 10.9. The zero-order chi connectivity index (χ0) is 16.7. The molecule has 118 valence electrons. The molecule has 0 fully saturated rings. The summed E-state index contributed by atoms with van der Waals surface area (Å²) < 4.78 is 38.8. The van der Waals surface area contributed by atoms with Crippen LogP contribution in [-0.4, -0.2) is 20.8 Å². The van der Waals surface area contributed by atoms with Gasteiger partial charge in [-0.2, -0.15) is 18.3 Å². The summed E-state index contributed by atoms with van der Waals surface area (Å²) in [6, 6.07) is 3.85. The summed E-state index contributed by atoms with van der Waals surface area (Å²) in [6.07, 6.45) is -4.79. The van der Waals surface area contributed by atoms with Gasteiger partial charge < -0.3 is 10.4 Å². The second-order valence-electron chi connectivity index (χ2n) is 4.25. The molecule has 0 aliphatic heterocycles. The van der Waals surface area contributed by atoms with Crippen molar-refractivity contribution in [2.24, 2.45) is 7.05 Å². The number of aromatic hydroxyl groups is 1. The van der Waals surface area contributed by atoms with E-state index in [1.807, 2.05) is 0 Å². The normalized spacial score (nSPS) is 11.5. The van der Waals surface area contributed by atoms with Crippen molar-refractivity contribution in [2.45, 2.75) is 6.18 Å². The van der Waals surface area contributed by atoms with Gasteiger partial charge in [0, 0.05) is 12.1 Å². The molecule has 0 aliphatic rings. The lowest BCUT2D eigenvalue weighted by Gasteiger charge is -2.08. The molecule has 0 bridgehead atoms. The van der Waals surface area contributed by atoms with E-state index in [4.69, 9.17) is 23.2 Å². The number of benzene rings is 1. The standard InChI is InChI=1S/C12H8Cl2F3N3O2/c1-20-9(8(14)10(19-20)12(15,16)17)11(22)18-6-4-5(13)2-3-7(6)21/h2-4,21H,1H3,(H,18,22). The highest BCUT2D eigenvalue weighted by molar-refractivity contribution is 6.35. The molecule has 2 N–H and O–H groups in total. The Bertz CT molecular complexity index is 744. The van der Waals surface area contributed by atoms with Crippen molar-refractivity contribution in [3.05, 3.63) is 39.6 Å². The summed E-state index contributed by atoms with van der Waals surface area (Å²) in [6.45, 7) is 0. The molecule has 2 rings (SSSR count). The van der Waals surface area contributed by atoms with Gasteiger partial charge in [0.2, 0.25) is 0 Å². The molecule has 1 aromatic carbocycles. The maximum atomic E-state index is 12.7. The SMILES string of the molecule is Cn1nc(C(F)(F)F)c(Cl)c1C(=O)Nc1cc(Cl)ccc1O. The van der Waals surface area contributed by atoms with Crippen LogP contribution in [0.2, 0.25) is 10.0 Å². The second-order valence-corrected chi connectivity index (χ2v) is 5.06. The molecule has 1 heterocycles. The third kappa shape index (κ3) is 3.12. The summed E-state index contributed by atoms with van der Waals surface area (Å²) in [5.74, 6) is -1.26. The fraction of sp³-hybridized carbons (Fsp3) is 0.167. The number of carbonyl (C=O) groups is 1. The highest BCUT2D eigenvalue weighted by Crippen LogP contribution is 2.36. The van der Waals surface area contributed by atoms with Crippen LogP contribution < -0.4 is 5.32 Å². The fourth-order valence-corrected chi connectivity index (χ4v) is 2.24. The van der Waals surface area contributed by atoms with Crippen molar-refractivity contribution >= 4 is 34.8 Å². The molecule has 5 nitrogen and oxygen atoms in total. The lowest BCUT2D eigenvalue weighted by Crippen LogP contribution is -2.16. The number of nitrogens with zero attached hydrogens (tertiary/aromatic N) is 2. The molecule has 0 aliphatic carbocycles. The van der Waals surface area contributed by atoms with E-state index in [1.165, 1.54) is 18.2 Å². The van der Waals surface area contributed by atoms with Crippen LogP contribution in [0, 0.1) is 0 Å². The number of phenolic OH excluding ortho intramolecular Hbond substituents is 1. The Labute approximate surface area is 132 Å². The molecule has 22 heavy (non-hydrogen) atoms.